The molecule has 0 saturated heterocycles. The highest BCUT2D eigenvalue weighted by Crippen LogP contribution is 2.30. The predicted molar refractivity (Wildman–Crippen MR) is 76.5 cm³/mol. The molecule has 5 nitrogen and oxygen atoms in total. The van der Waals surface area contributed by atoms with Gasteiger partial charge in [0, 0.05) is 18.1 Å². The molecule has 0 N–H and O–H groups in total. The minimum Gasteiger partial charge on any atom is -0.496 e. The zero-order valence-electron chi connectivity index (χ0n) is 11.4. The first-order valence-electron chi connectivity index (χ1n) is 5.71. The highest BCUT2D eigenvalue weighted by Gasteiger charge is 2.16. The van der Waals surface area contributed by atoms with Crippen molar-refractivity contribution in [2.45, 2.75) is 6.42 Å². The Balaban J connectivity index is 3.11. The number of benzene rings is 1. The molecule has 0 radical (unpaired) electrons. The maximum atomic E-state index is 11.7. The lowest BCUT2D eigenvalue weighted by molar-refractivity contribution is -0.138. The largest absolute Gasteiger partial charge is 0.496 e. The fourth-order valence-corrected chi connectivity index (χ4v) is 2.14. The normalized spacial score (nSPS) is 10.9. The summed E-state index contributed by atoms with van der Waals surface area (Å²) in [4.78, 5) is 23.0. The molecule has 1 aromatic rings. The van der Waals surface area contributed by atoms with Crippen LogP contribution in [-0.2, 0) is 25.5 Å². The van der Waals surface area contributed by atoms with Crippen LogP contribution in [0.2, 0.25) is 0 Å². The smallest absolute Gasteiger partial charge is 0.334 e. The Bertz CT molecular complexity index is 536. The zero-order valence-corrected chi connectivity index (χ0v) is 13.0. The third kappa shape index (κ3) is 4.09. The molecule has 0 aromatic heterocycles. The number of carbonyl (C=O) groups is 2. The average molecular weight is 343 g/mol. The van der Waals surface area contributed by atoms with E-state index < -0.39 is 11.9 Å². The van der Waals surface area contributed by atoms with Crippen LogP contribution in [0.3, 0.4) is 0 Å². The summed E-state index contributed by atoms with van der Waals surface area (Å²) in [7, 11) is 4.05. The predicted octanol–water partition coefficient (Wildman–Crippen LogP) is 2.27. The third-order valence-electron chi connectivity index (χ3n) is 2.58. The second-order valence-corrected chi connectivity index (χ2v) is 4.59. The standard InChI is InChI=1S/C14H15BrO5/c1-18-11-6-4-5-9(13(11)15)7-10(14(17)20-3)8-12(16)19-2/h4-6,8H,7H2,1-3H3/b10-8-. The molecule has 0 amide bonds. The van der Waals surface area contributed by atoms with Gasteiger partial charge >= 0.3 is 11.9 Å². The van der Waals surface area contributed by atoms with Gasteiger partial charge in [-0.25, -0.2) is 9.59 Å². The van der Waals surface area contributed by atoms with Gasteiger partial charge in [0.05, 0.1) is 25.8 Å². The number of hydrogen-bond donors (Lipinski definition) is 0. The molecule has 0 heterocycles. The van der Waals surface area contributed by atoms with Crippen LogP contribution in [0.1, 0.15) is 5.56 Å². The van der Waals surface area contributed by atoms with Gasteiger partial charge in [0.25, 0.3) is 0 Å². The summed E-state index contributed by atoms with van der Waals surface area (Å²) in [6.45, 7) is 0. The number of rotatable bonds is 5. The van der Waals surface area contributed by atoms with Crippen LogP contribution in [0.5, 0.6) is 5.75 Å². The van der Waals surface area contributed by atoms with Crippen molar-refractivity contribution in [2.24, 2.45) is 0 Å². The minimum absolute atomic E-state index is 0.202. The van der Waals surface area contributed by atoms with Gasteiger partial charge < -0.3 is 14.2 Å². The number of carbonyl (C=O) groups excluding carboxylic acids is 2. The summed E-state index contributed by atoms with van der Waals surface area (Å²) in [5, 5.41) is 0. The molecule has 0 spiro atoms. The summed E-state index contributed by atoms with van der Waals surface area (Å²) < 4.78 is 15.1. The fraction of sp³-hybridized carbons (Fsp3) is 0.286. The summed E-state index contributed by atoms with van der Waals surface area (Å²) in [6, 6.07) is 5.40. The highest BCUT2D eigenvalue weighted by atomic mass is 79.9. The van der Waals surface area contributed by atoms with Crippen LogP contribution >= 0.6 is 15.9 Å². The van der Waals surface area contributed by atoms with Crippen LogP contribution in [0, 0.1) is 0 Å². The Labute approximate surface area is 125 Å². The Morgan fingerprint density at radius 2 is 1.90 bits per heavy atom. The Kier molecular flexibility index (Phi) is 6.24. The van der Waals surface area contributed by atoms with Crippen LogP contribution in [0.4, 0.5) is 0 Å². The van der Waals surface area contributed by atoms with Crippen LogP contribution in [0.15, 0.2) is 34.3 Å². The summed E-state index contributed by atoms with van der Waals surface area (Å²) >= 11 is 3.40. The van der Waals surface area contributed by atoms with E-state index in [-0.39, 0.29) is 12.0 Å². The topological polar surface area (TPSA) is 61.8 Å². The van der Waals surface area contributed by atoms with Crippen LogP contribution in [0.25, 0.3) is 0 Å². The van der Waals surface area contributed by atoms with E-state index in [1.807, 2.05) is 6.07 Å². The molecule has 1 aromatic carbocycles. The number of methoxy groups -OCH3 is 3. The number of hydrogen-bond acceptors (Lipinski definition) is 5. The van der Waals surface area contributed by atoms with Gasteiger partial charge in [-0.15, -0.1) is 0 Å². The molecule has 1 rings (SSSR count). The van der Waals surface area contributed by atoms with Crippen molar-refractivity contribution in [3.05, 3.63) is 39.9 Å². The SMILES string of the molecule is COC(=O)/C=C(/Cc1cccc(OC)c1Br)C(=O)OC. The third-order valence-corrected chi connectivity index (χ3v) is 3.49. The average Bonchev–Trinajstić information content (AvgIpc) is 2.47. The summed E-state index contributed by atoms with van der Waals surface area (Å²) in [5.41, 5.74) is 0.998. The van der Waals surface area contributed by atoms with E-state index in [1.54, 1.807) is 19.2 Å². The van der Waals surface area contributed by atoms with Crippen LogP contribution < -0.4 is 4.74 Å². The zero-order chi connectivity index (χ0) is 15.1. The Hall–Kier alpha value is -1.82. The van der Waals surface area contributed by atoms with Gasteiger partial charge in [-0.2, -0.15) is 0 Å². The first-order valence-corrected chi connectivity index (χ1v) is 6.51. The maximum Gasteiger partial charge on any atom is 0.334 e. The monoisotopic (exact) mass is 342 g/mol. The van der Waals surface area contributed by atoms with E-state index >= 15 is 0 Å². The highest BCUT2D eigenvalue weighted by molar-refractivity contribution is 9.10. The van der Waals surface area contributed by atoms with Crippen molar-refractivity contribution in [1.82, 2.24) is 0 Å². The number of ether oxygens (including phenoxy) is 3. The van der Waals surface area contributed by atoms with Gasteiger partial charge in [0.15, 0.2) is 0 Å². The lowest BCUT2D eigenvalue weighted by Gasteiger charge is -2.10. The molecule has 6 heteroatoms. The molecule has 0 aliphatic rings. The van der Waals surface area contributed by atoms with Crippen molar-refractivity contribution in [3.63, 3.8) is 0 Å². The molecule has 0 unspecified atom stereocenters. The molecule has 0 aliphatic carbocycles. The van der Waals surface area contributed by atoms with E-state index in [4.69, 9.17) is 4.74 Å². The van der Waals surface area contributed by atoms with Gasteiger partial charge in [0.2, 0.25) is 0 Å². The molecule has 0 fully saturated rings. The number of esters is 2. The van der Waals surface area contributed by atoms with E-state index in [9.17, 15) is 9.59 Å². The van der Waals surface area contributed by atoms with Crippen molar-refractivity contribution >= 4 is 27.9 Å². The molecule has 0 atom stereocenters. The number of halogens is 1. The molecule has 0 bridgehead atoms. The lowest BCUT2D eigenvalue weighted by atomic mass is 10.0. The van der Waals surface area contributed by atoms with Crippen molar-refractivity contribution in [1.29, 1.82) is 0 Å². The molecule has 108 valence electrons. The molecule has 0 saturated carbocycles. The summed E-state index contributed by atoms with van der Waals surface area (Å²) in [6.07, 6.45) is 1.34. The first kappa shape index (κ1) is 16.2. The Morgan fingerprint density at radius 1 is 1.20 bits per heavy atom. The van der Waals surface area contributed by atoms with Gasteiger partial charge in [-0.1, -0.05) is 12.1 Å². The summed E-state index contributed by atoms with van der Waals surface area (Å²) in [5.74, 6) is -0.542. The van der Waals surface area contributed by atoms with E-state index in [0.717, 1.165) is 16.1 Å². The molecular weight excluding hydrogens is 328 g/mol. The van der Waals surface area contributed by atoms with E-state index in [1.165, 1.54) is 14.2 Å². The first-order chi connectivity index (χ1) is 9.53. The van der Waals surface area contributed by atoms with Crippen LogP contribution in [-0.4, -0.2) is 33.3 Å². The van der Waals surface area contributed by atoms with E-state index in [2.05, 4.69) is 25.4 Å². The van der Waals surface area contributed by atoms with Gasteiger partial charge in [0.1, 0.15) is 5.75 Å². The molecular formula is C14H15BrO5. The molecule has 0 aliphatic heterocycles. The minimum atomic E-state index is -0.607. The van der Waals surface area contributed by atoms with Crippen molar-refractivity contribution in [2.75, 3.05) is 21.3 Å². The maximum absolute atomic E-state index is 11.7. The van der Waals surface area contributed by atoms with Gasteiger partial charge in [-0.3, -0.25) is 0 Å². The fourth-order valence-electron chi connectivity index (χ4n) is 1.57. The quantitative estimate of drug-likeness (QED) is 0.606. The molecule has 20 heavy (non-hydrogen) atoms. The second kappa shape index (κ2) is 7.69. The lowest BCUT2D eigenvalue weighted by Crippen LogP contribution is -2.11. The van der Waals surface area contributed by atoms with Crippen molar-refractivity contribution < 1.29 is 23.8 Å². The second-order valence-electron chi connectivity index (χ2n) is 3.79. The Morgan fingerprint density at radius 3 is 2.45 bits per heavy atom. The van der Waals surface area contributed by atoms with E-state index in [0.29, 0.717) is 5.75 Å². The van der Waals surface area contributed by atoms with Crippen molar-refractivity contribution in [3.8, 4) is 5.75 Å². The van der Waals surface area contributed by atoms with Gasteiger partial charge in [-0.05, 0) is 27.6 Å².